The number of hydrogen-bond acceptors (Lipinski definition) is 4. The third-order valence-corrected chi connectivity index (χ3v) is 6.46. The van der Waals surface area contributed by atoms with Gasteiger partial charge >= 0.3 is 0 Å². The second-order valence-corrected chi connectivity index (χ2v) is 8.18. The Kier molecular flexibility index (Phi) is 6.96. The summed E-state index contributed by atoms with van der Waals surface area (Å²) in [5.41, 5.74) is 1.19. The maximum absolute atomic E-state index is 4.80. The van der Waals surface area contributed by atoms with Crippen LogP contribution in [0.2, 0.25) is 0 Å². The molecule has 2 fully saturated rings. The first-order chi connectivity index (χ1) is 12.3. The van der Waals surface area contributed by atoms with Crippen LogP contribution in [0.15, 0.2) is 10.4 Å². The van der Waals surface area contributed by atoms with E-state index < -0.39 is 0 Å². The Morgan fingerprint density at radius 1 is 1.32 bits per heavy atom. The van der Waals surface area contributed by atoms with Gasteiger partial charge in [-0.1, -0.05) is 26.2 Å². The van der Waals surface area contributed by atoms with Crippen LogP contribution in [0.25, 0.3) is 0 Å². The Morgan fingerprint density at radius 3 is 2.92 bits per heavy atom. The summed E-state index contributed by atoms with van der Waals surface area (Å²) in [7, 11) is 1.86. The predicted molar refractivity (Wildman–Crippen MR) is 108 cm³/mol. The predicted octanol–water partition coefficient (Wildman–Crippen LogP) is 3.42. The first-order valence-corrected chi connectivity index (χ1v) is 10.8. The zero-order chi connectivity index (χ0) is 17.5. The lowest BCUT2D eigenvalue weighted by atomic mass is 9.84. The normalized spacial score (nSPS) is 24.6. The summed E-state index contributed by atoms with van der Waals surface area (Å²) in [4.78, 5) is 11.6. The molecule has 0 amide bonds. The number of anilines is 1. The van der Waals surface area contributed by atoms with Crippen molar-refractivity contribution in [3.05, 3.63) is 11.1 Å². The molecular weight excluding hydrogens is 330 g/mol. The van der Waals surface area contributed by atoms with Crippen molar-refractivity contribution in [1.29, 1.82) is 0 Å². The van der Waals surface area contributed by atoms with E-state index >= 15 is 0 Å². The van der Waals surface area contributed by atoms with Gasteiger partial charge in [-0.05, 0) is 31.6 Å². The van der Waals surface area contributed by atoms with Crippen molar-refractivity contribution < 1.29 is 0 Å². The fourth-order valence-electron chi connectivity index (χ4n) is 3.95. The average Bonchev–Trinajstić information content (AvgIpc) is 3.32. The highest BCUT2D eigenvalue weighted by atomic mass is 32.1. The number of rotatable bonds is 6. The molecule has 1 saturated heterocycles. The molecular formula is C19H33N5S. The zero-order valence-corrected chi connectivity index (χ0v) is 16.6. The van der Waals surface area contributed by atoms with Crippen LogP contribution in [0.3, 0.4) is 0 Å². The molecule has 0 aromatic carbocycles. The Labute approximate surface area is 156 Å². The van der Waals surface area contributed by atoms with E-state index in [1.807, 2.05) is 7.05 Å². The molecule has 0 spiro atoms. The van der Waals surface area contributed by atoms with Crippen LogP contribution >= 0.6 is 11.3 Å². The minimum absolute atomic E-state index is 0.575. The van der Waals surface area contributed by atoms with Gasteiger partial charge in [-0.3, -0.25) is 4.99 Å². The maximum atomic E-state index is 4.80. The van der Waals surface area contributed by atoms with Crippen LogP contribution < -0.4 is 15.5 Å². The van der Waals surface area contributed by atoms with Crippen molar-refractivity contribution in [2.45, 2.75) is 64.3 Å². The van der Waals surface area contributed by atoms with E-state index in [1.165, 1.54) is 68.9 Å². The van der Waals surface area contributed by atoms with E-state index in [4.69, 9.17) is 4.98 Å². The SMILES string of the molecule is CCC1CCCC(NC(=NC)NCCc2csc(N3CCCC3)n2)C1. The topological polar surface area (TPSA) is 52.6 Å². The Morgan fingerprint density at radius 2 is 2.16 bits per heavy atom. The molecule has 25 heavy (non-hydrogen) atoms. The molecule has 1 aromatic rings. The van der Waals surface area contributed by atoms with Crippen molar-refractivity contribution in [2.24, 2.45) is 10.9 Å². The summed E-state index contributed by atoms with van der Waals surface area (Å²) < 4.78 is 0. The van der Waals surface area contributed by atoms with Crippen molar-refractivity contribution in [3.8, 4) is 0 Å². The quantitative estimate of drug-likeness (QED) is 0.601. The number of guanidine groups is 1. The lowest BCUT2D eigenvalue weighted by Crippen LogP contribution is -2.45. The average molecular weight is 364 g/mol. The minimum atomic E-state index is 0.575. The number of nitrogens with zero attached hydrogens (tertiary/aromatic N) is 3. The zero-order valence-electron chi connectivity index (χ0n) is 15.8. The summed E-state index contributed by atoms with van der Waals surface area (Å²) >= 11 is 1.78. The highest BCUT2D eigenvalue weighted by Gasteiger charge is 2.21. The molecule has 0 radical (unpaired) electrons. The third kappa shape index (κ3) is 5.33. The van der Waals surface area contributed by atoms with Crippen molar-refractivity contribution in [2.75, 3.05) is 31.6 Å². The number of nitrogens with one attached hydrogen (secondary N) is 2. The lowest BCUT2D eigenvalue weighted by Gasteiger charge is -2.30. The van der Waals surface area contributed by atoms with E-state index in [0.717, 1.165) is 24.8 Å². The molecule has 2 aliphatic rings. The van der Waals surface area contributed by atoms with Gasteiger partial charge < -0.3 is 15.5 Å². The number of aliphatic imine (C=N–C) groups is 1. The van der Waals surface area contributed by atoms with Crippen LogP contribution in [-0.4, -0.2) is 43.7 Å². The van der Waals surface area contributed by atoms with Crippen molar-refractivity contribution in [3.63, 3.8) is 0 Å². The van der Waals surface area contributed by atoms with Gasteiger partial charge in [0.25, 0.3) is 0 Å². The monoisotopic (exact) mass is 363 g/mol. The van der Waals surface area contributed by atoms with Crippen LogP contribution in [0.5, 0.6) is 0 Å². The first kappa shape index (κ1) is 18.5. The lowest BCUT2D eigenvalue weighted by molar-refractivity contribution is 0.298. The molecule has 3 rings (SSSR count). The first-order valence-electron chi connectivity index (χ1n) is 9.95. The fraction of sp³-hybridized carbons (Fsp3) is 0.789. The van der Waals surface area contributed by atoms with Crippen LogP contribution in [0.1, 0.15) is 57.6 Å². The second kappa shape index (κ2) is 9.41. The van der Waals surface area contributed by atoms with Gasteiger partial charge in [0.1, 0.15) is 0 Å². The highest BCUT2D eigenvalue weighted by Crippen LogP contribution is 2.26. The van der Waals surface area contributed by atoms with Crippen molar-refractivity contribution in [1.82, 2.24) is 15.6 Å². The van der Waals surface area contributed by atoms with Gasteiger partial charge in [-0.15, -0.1) is 11.3 Å². The summed E-state index contributed by atoms with van der Waals surface area (Å²) in [6.07, 6.45) is 10.1. The van der Waals surface area contributed by atoms with Gasteiger partial charge in [0.2, 0.25) is 0 Å². The molecule has 0 bridgehead atoms. The highest BCUT2D eigenvalue weighted by molar-refractivity contribution is 7.13. The fourth-order valence-corrected chi connectivity index (χ4v) is 4.87. The maximum Gasteiger partial charge on any atom is 0.191 e. The third-order valence-electron chi connectivity index (χ3n) is 5.51. The number of thiazole rings is 1. The number of aromatic nitrogens is 1. The van der Waals surface area contributed by atoms with E-state index in [1.54, 1.807) is 11.3 Å². The summed E-state index contributed by atoms with van der Waals surface area (Å²) in [5.74, 6) is 1.82. The molecule has 140 valence electrons. The summed E-state index contributed by atoms with van der Waals surface area (Å²) in [6.45, 7) is 5.53. The summed E-state index contributed by atoms with van der Waals surface area (Å²) in [5, 5.41) is 10.5. The molecule has 1 saturated carbocycles. The van der Waals surface area contributed by atoms with Gasteiger partial charge in [0, 0.05) is 44.5 Å². The molecule has 1 aromatic heterocycles. The standard InChI is InChI=1S/C19H33N5S/c1-3-15-7-6-8-16(13-15)22-18(20-2)21-10-9-17-14-25-19(23-17)24-11-4-5-12-24/h14-16H,3-13H2,1-2H3,(H2,20,21,22). The number of hydrogen-bond donors (Lipinski definition) is 2. The molecule has 6 heteroatoms. The molecule has 2 heterocycles. The molecule has 2 atom stereocenters. The van der Waals surface area contributed by atoms with Crippen LogP contribution in [-0.2, 0) is 6.42 Å². The van der Waals surface area contributed by atoms with Crippen LogP contribution in [0.4, 0.5) is 5.13 Å². The Bertz CT molecular complexity index is 550. The molecule has 2 N–H and O–H groups in total. The summed E-state index contributed by atoms with van der Waals surface area (Å²) in [6, 6.07) is 0.575. The molecule has 2 unspecified atom stereocenters. The Hall–Kier alpha value is -1.30. The second-order valence-electron chi connectivity index (χ2n) is 7.35. The van der Waals surface area contributed by atoms with E-state index in [-0.39, 0.29) is 0 Å². The van der Waals surface area contributed by atoms with E-state index in [9.17, 15) is 0 Å². The van der Waals surface area contributed by atoms with E-state index in [2.05, 4.69) is 32.8 Å². The van der Waals surface area contributed by atoms with E-state index in [0.29, 0.717) is 6.04 Å². The van der Waals surface area contributed by atoms with Gasteiger partial charge in [0.15, 0.2) is 11.1 Å². The van der Waals surface area contributed by atoms with Crippen LogP contribution in [0, 0.1) is 5.92 Å². The van der Waals surface area contributed by atoms with Gasteiger partial charge in [0.05, 0.1) is 5.69 Å². The molecule has 1 aliphatic carbocycles. The minimum Gasteiger partial charge on any atom is -0.356 e. The van der Waals surface area contributed by atoms with Gasteiger partial charge in [-0.25, -0.2) is 4.98 Å². The Balaban J connectivity index is 1.41. The molecule has 5 nitrogen and oxygen atoms in total. The molecule has 1 aliphatic heterocycles. The van der Waals surface area contributed by atoms with Crippen molar-refractivity contribution >= 4 is 22.4 Å². The smallest absolute Gasteiger partial charge is 0.191 e. The largest absolute Gasteiger partial charge is 0.356 e. The van der Waals surface area contributed by atoms with Gasteiger partial charge in [-0.2, -0.15) is 0 Å².